The number of likely N-dealkylation sites (tertiary alicyclic amines) is 1. The summed E-state index contributed by atoms with van der Waals surface area (Å²) < 4.78 is 4.82. The van der Waals surface area contributed by atoms with Gasteiger partial charge in [0.05, 0.1) is 7.11 Å². The Bertz CT molecular complexity index is 614. The molecule has 1 aromatic carbocycles. The van der Waals surface area contributed by atoms with Crippen molar-refractivity contribution in [2.45, 2.75) is 32.2 Å². The minimum absolute atomic E-state index is 0.249. The highest BCUT2D eigenvalue weighted by Gasteiger charge is 2.26. The van der Waals surface area contributed by atoms with Gasteiger partial charge in [0.2, 0.25) is 5.91 Å². The van der Waals surface area contributed by atoms with Crippen LogP contribution in [0.15, 0.2) is 30.3 Å². The number of carbonyl (C=O) groups excluding carboxylic acids is 2. The quantitative estimate of drug-likeness (QED) is 0.796. The summed E-state index contributed by atoms with van der Waals surface area (Å²) >= 11 is 0. The molecule has 2 fully saturated rings. The maximum absolute atomic E-state index is 12.6. The number of ether oxygens (including phenoxy) is 1. The third-order valence-corrected chi connectivity index (χ3v) is 5.69. The van der Waals surface area contributed by atoms with Gasteiger partial charge in [0.25, 0.3) is 0 Å². The SMILES string of the molecule is COC(=O)N1CCCC(CCC(=O)N2CCN(Cc3ccccc3)CC2)C1. The molecule has 1 unspecified atom stereocenters. The predicted molar refractivity (Wildman–Crippen MR) is 104 cm³/mol. The van der Waals surface area contributed by atoms with Gasteiger partial charge in [0.1, 0.15) is 0 Å². The van der Waals surface area contributed by atoms with Crippen molar-refractivity contribution in [1.29, 1.82) is 0 Å². The zero-order valence-electron chi connectivity index (χ0n) is 16.3. The Kier molecular flexibility index (Phi) is 7.10. The first-order valence-electron chi connectivity index (χ1n) is 10.0. The van der Waals surface area contributed by atoms with Gasteiger partial charge >= 0.3 is 6.09 Å². The lowest BCUT2D eigenvalue weighted by Gasteiger charge is -2.35. The molecule has 2 saturated heterocycles. The molecule has 2 amide bonds. The normalized spacial score (nSPS) is 21.1. The number of carbonyl (C=O) groups is 2. The maximum atomic E-state index is 12.6. The summed E-state index contributed by atoms with van der Waals surface area (Å²) in [6.45, 7) is 5.91. The minimum Gasteiger partial charge on any atom is -0.453 e. The first-order valence-corrected chi connectivity index (χ1v) is 10.0. The van der Waals surface area contributed by atoms with Crippen LogP contribution < -0.4 is 0 Å². The van der Waals surface area contributed by atoms with Gasteiger partial charge in [-0.05, 0) is 30.7 Å². The first kappa shape index (κ1) is 19.7. The highest BCUT2D eigenvalue weighted by molar-refractivity contribution is 5.76. The van der Waals surface area contributed by atoms with E-state index in [0.717, 1.165) is 58.5 Å². The van der Waals surface area contributed by atoms with Crippen LogP contribution in [0.1, 0.15) is 31.2 Å². The Morgan fingerprint density at radius 1 is 1.04 bits per heavy atom. The molecule has 2 aliphatic heterocycles. The molecule has 1 aromatic rings. The van der Waals surface area contributed by atoms with Crippen molar-refractivity contribution in [2.24, 2.45) is 5.92 Å². The van der Waals surface area contributed by atoms with E-state index in [9.17, 15) is 9.59 Å². The number of methoxy groups -OCH3 is 1. The van der Waals surface area contributed by atoms with E-state index in [1.807, 2.05) is 11.0 Å². The molecule has 27 heavy (non-hydrogen) atoms. The lowest BCUT2D eigenvalue weighted by Crippen LogP contribution is -2.48. The van der Waals surface area contributed by atoms with E-state index in [2.05, 4.69) is 29.2 Å². The topological polar surface area (TPSA) is 53.1 Å². The number of hydrogen-bond donors (Lipinski definition) is 0. The van der Waals surface area contributed by atoms with Crippen molar-refractivity contribution < 1.29 is 14.3 Å². The van der Waals surface area contributed by atoms with Crippen molar-refractivity contribution in [3.63, 3.8) is 0 Å². The third-order valence-electron chi connectivity index (χ3n) is 5.69. The van der Waals surface area contributed by atoms with E-state index in [1.165, 1.54) is 12.7 Å². The van der Waals surface area contributed by atoms with Gasteiger partial charge in [0, 0.05) is 52.2 Å². The Morgan fingerprint density at radius 3 is 2.48 bits per heavy atom. The fraction of sp³-hybridized carbons (Fsp3) is 0.619. The van der Waals surface area contributed by atoms with Gasteiger partial charge in [-0.25, -0.2) is 4.79 Å². The smallest absolute Gasteiger partial charge is 0.409 e. The molecule has 0 saturated carbocycles. The lowest BCUT2D eigenvalue weighted by atomic mass is 9.93. The van der Waals surface area contributed by atoms with Crippen LogP contribution >= 0.6 is 0 Å². The van der Waals surface area contributed by atoms with Crippen molar-refractivity contribution >= 4 is 12.0 Å². The van der Waals surface area contributed by atoms with Crippen molar-refractivity contribution in [3.05, 3.63) is 35.9 Å². The maximum Gasteiger partial charge on any atom is 0.409 e. The molecule has 2 aliphatic rings. The van der Waals surface area contributed by atoms with Gasteiger partial charge in [-0.1, -0.05) is 30.3 Å². The second kappa shape index (κ2) is 9.74. The highest BCUT2D eigenvalue weighted by Crippen LogP contribution is 2.22. The molecule has 6 heteroatoms. The Balaban J connectivity index is 1.37. The standard InChI is InChI=1S/C21H31N3O3/c1-27-21(26)24-11-5-8-19(17-24)9-10-20(25)23-14-12-22(13-15-23)16-18-6-3-2-4-7-18/h2-4,6-7,19H,5,8-17H2,1H3. The molecular formula is C21H31N3O3. The zero-order valence-corrected chi connectivity index (χ0v) is 16.3. The molecule has 6 nitrogen and oxygen atoms in total. The minimum atomic E-state index is -0.249. The predicted octanol–water partition coefficient (Wildman–Crippen LogP) is 2.59. The van der Waals surface area contributed by atoms with Crippen LogP contribution in [0.25, 0.3) is 0 Å². The van der Waals surface area contributed by atoms with E-state index in [0.29, 0.717) is 18.9 Å². The zero-order chi connectivity index (χ0) is 19.1. The molecule has 0 N–H and O–H groups in total. The van der Waals surface area contributed by atoms with E-state index >= 15 is 0 Å². The number of nitrogens with zero attached hydrogens (tertiary/aromatic N) is 3. The Morgan fingerprint density at radius 2 is 1.78 bits per heavy atom. The largest absolute Gasteiger partial charge is 0.453 e. The summed E-state index contributed by atoms with van der Waals surface area (Å²) in [7, 11) is 1.42. The van der Waals surface area contributed by atoms with Crippen LogP contribution in [0.4, 0.5) is 4.79 Å². The van der Waals surface area contributed by atoms with E-state index in [4.69, 9.17) is 4.74 Å². The molecule has 0 aromatic heterocycles. The number of amides is 2. The number of piperidine rings is 1. The molecule has 0 radical (unpaired) electrons. The molecule has 1 atom stereocenters. The highest BCUT2D eigenvalue weighted by atomic mass is 16.5. The van der Waals surface area contributed by atoms with Gasteiger partial charge in [-0.15, -0.1) is 0 Å². The van der Waals surface area contributed by atoms with Crippen molar-refractivity contribution in [3.8, 4) is 0 Å². The molecule has 0 aliphatic carbocycles. The molecule has 2 heterocycles. The fourth-order valence-corrected chi connectivity index (χ4v) is 4.08. The summed E-state index contributed by atoms with van der Waals surface area (Å²) in [5.74, 6) is 0.658. The summed E-state index contributed by atoms with van der Waals surface area (Å²) in [5.41, 5.74) is 1.32. The average molecular weight is 373 g/mol. The summed E-state index contributed by atoms with van der Waals surface area (Å²) in [4.78, 5) is 30.4. The summed E-state index contributed by atoms with van der Waals surface area (Å²) in [6, 6.07) is 10.5. The number of benzene rings is 1. The van der Waals surface area contributed by atoms with E-state index in [-0.39, 0.29) is 12.0 Å². The Labute approximate surface area is 162 Å². The van der Waals surface area contributed by atoms with Crippen molar-refractivity contribution in [2.75, 3.05) is 46.4 Å². The number of piperazine rings is 1. The van der Waals surface area contributed by atoms with Gasteiger partial charge in [0.15, 0.2) is 0 Å². The van der Waals surface area contributed by atoms with Crippen LogP contribution in [0.3, 0.4) is 0 Å². The van der Waals surface area contributed by atoms with Crippen molar-refractivity contribution in [1.82, 2.24) is 14.7 Å². The second-order valence-electron chi connectivity index (χ2n) is 7.61. The number of hydrogen-bond acceptors (Lipinski definition) is 4. The van der Waals surface area contributed by atoms with Crippen LogP contribution in [-0.4, -0.2) is 73.1 Å². The van der Waals surface area contributed by atoms with Gasteiger partial charge < -0.3 is 14.5 Å². The monoisotopic (exact) mass is 373 g/mol. The third kappa shape index (κ3) is 5.70. The molecule has 0 bridgehead atoms. The molecule has 148 valence electrons. The van der Waals surface area contributed by atoms with Gasteiger partial charge in [-0.3, -0.25) is 9.69 Å². The van der Waals surface area contributed by atoms with Gasteiger partial charge in [-0.2, -0.15) is 0 Å². The first-order chi connectivity index (χ1) is 13.2. The van der Waals surface area contributed by atoms with E-state index < -0.39 is 0 Å². The summed E-state index contributed by atoms with van der Waals surface area (Å²) in [5, 5.41) is 0. The average Bonchev–Trinajstić information content (AvgIpc) is 2.73. The molecule has 3 rings (SSSR count). The van der Waals surface area contributed by atoms with Crippen LogP contribution in [0, 0.1) is 5.92 Å². The van der Waals surface area contributed by atoms with Crippen LogP contribution in [-0.2, 0) is 16.1 Å². The van der Waals surface area contributed by atoms with Crippen LogP contribution in [0.2, 0.25) is 0 Å². The summed E-state index contributed by atoms with van der Waals surface area (Å²) in [6.07, 6.45) is 3.27. The number of rotatable bonds is 5. The lowest BCUT2D eigenvalue weighted by molar-refractivity contribution is -0.133. The fourth-order valence-electron chi connectivity index (χ4n) is 4.08. The van der Waals surface area contributed by atoms with Crippen LogP contribution in [0.5, 0.6) is 0 Å². The Hall–Kier alpha value is -2.08. The second-order valence-corrected chi connectivity index (χ2v) is 7.61. The van der Waals surface area contributed by atoms with E-state index in [1.54, 1.807) is 4.90 Å². The molecule has 0 spiro atoms. The molecular weight excluding hydrogens is 342 g/mol.